The summed E-state index contributed by atoms with van der Waals surface area (Å²) in [5.41, 5.74) is 0. The summed E-state index contributed by atoms with van der Waals surface area (Å²) in [6.45, 7) is 5.48. The molecule has 0 N–H and O–H groups in total. The van der Waals surface area contributed by atoms with Crippen molar-refractivity contribution in [3.05, 3.63) is 0 Å². The fourth-order valence-corrected chi connectivity index (χ4v) is 4.07. The molecule has 0 unspecified atom stereocenters. The van der Waals surface area contributed by atoms with Crippen molar-refractivity contribution in [2.24, 2.45) is 11.8 Å². The van der Waals surface area contributed by atoms with Gasteiger partial charge in [0.1, 0.15) is 5.78 Å². The highest BCUT2D eigenvalue weighted by molar-refractivity contribution is 5.86. The van der Waals surface area contributed by atoms with E-state index in [0.29, 0.717) is 38.5 Å². The lowest BCUT2D eigenvalue weighted by molar-refractivity contribution is -0.147. The third-order valence-electron chi connectivity index (χ3n) is 5.75. The van der Waals surface area contributed by atoms with E-state index >= 15 is 0 Å². The second kappa shape index (κ2) is 13.1. The van der Waals surface area contributed by atoms with Gasteiger partial charge in [0.15, 0.2) is 0 Å². The summed E-state index contributed by atoms with van der Waals surface area (Å²) in [6, 6.07) is 0. The van der Waals surface area contributed by atoms with Crippen LogP contribution >= 0.6 is 0 Å². The summed E-state index contributed by atoms with van der Waals surface area (Å²) >= 11 is 0. The van der Waals surface area contributed by atoms with Gasteiger partial charge in [-0.25, -0.2) is 0 Å². The molecule has 2 atom stereocenters. The van der Waals surface area contributed by atoms with Gasteiger partial charge >= 0.3 is 11.9 Å². The molecule has 0 spiro atoms. The van der Waals surface area contributed by atoms with Gasteiger partial charge in [0.05, 0.1) is 6.10 Å². The van der Waals surface area contributed by atoms with E-state index in [1.54, 1.807) is 0 Å². The predicted molar refractivity (Wildman–Crippen MR) is 109 cm³/mol. The first-order valence-corrected chi connectivity index (χ1v) is 11.3. The molecule has 168 valence electrons. The van der Waals surface area contributed by atoms with E-state index in [-0.39, 0.29) is 42.5 Å². The second-order valence-electron chi connectivity index (χ2n) is 8.63. The van der Waals surface area contributed by atoms with E-state index in [1.807, 2.05) is 20.8 Å². The summed E-state index contributed by atoms with van der Waals surface area (Å²) in [7, 11) is 0. The first-order valence-electron chi connectivity index (χ1n) is 11.3. The maximum absolute atomic E-state index is 13.9. The molecule has 0 aromatic carbocycles. The highest BCUT2D eigenvalue weighted by atomic mass is 19.3. The molecule has 0 heterocycles. The number of esters is 1. The molecule has 1 rings (SSSR count). The minimum atomic E-state index is -3.23. The molecular formula is C23H38F2O4. The maximum Gasteiger partial charge on any atom is 0.306 e. The molecule has 1 aliphatic rings. The fourth-order valence-electron chi connectivity index (χ4n) is 4.07. The molecule has 0 saturated heterocycles. The van der Waals surface area contributed by atoms with Crippen molar-refractivity contribution in [3.63, 3.8) is 0 Å². The zero-order valence-corrected chi connectivity index (χ0v) is 18.3. The van der Waals surface area contributed by atoms with E-state index in [9.17, 15) is 23.2 Å². The molecule has 0 amide bonds. The fraction of sp³-hybridized carbons (Fsp3) is 0.870. The number of hydrogen-bond donors (Lipinski definition) is 0. The Morgan fingerprint density at radius 3 is 2.41 bits per heavy atom. The minimum absolute atomic E-state index is 0.0504. The molecular weight excluding hydrogens is 378 g/mol. The average Bonchev–Trinajstić information content (AvgIpc) is 3.00. The Balaban J connectivity index is 2.29. The van der Waals surface area contributed by atoms with Gasteiger partial charge in [-0.05, 0) is 51.9 Å². The smallest absolute Gasteiger partial charge is 0.306 e. The number of Topliss-reactive ketones (excluding diaryl/α,β-unsaturated/α-hetero) is 2. The van der Waals surface area contributed by atoms with Crippen molar-refractivity contribution in [1.29, 1.82) is 0 Å². The van der Waals surface area contributed by atoms with Crippen LogP contribution in [0.25, 0.3) is 0 Å². The normalized spacial score (nSPS) is 19.7. The van der Waals surface area contributed by atoms with Crippen LogP contribution in [0.3, 0.4) is 0 Å². The Bertz CT molecular complexity index is 531. The summed E-state index contributed by atoms with van der Waals surface area (Å²) in [6.07, 6.45) is 6.63. The number of carbonyl (C=O) groups excluding carboxylic acids is 3. The van der Waals surface area contributed by atoms with Crippen LogP contribution < -0.4 is 0 Å². The third kappa shape index (κ3) is 9.81. The first kappa shape index (κ1) is 25.7. The van der Waals surface area contributed by atoms with Crippen LogP contribution in [0.1, 0.15) is 104 Å². The van der Waals surface area contributed by atoms with Crippen LogP contribution in [-0.2, 0) is 19.1 Å². The minimum Gasteiger partial charge on any atom is -0.463 e. The number of unbranched alkanes of at least 4 members (excludes halogenated alkanes) is 4. The van der Waals surface area contributed by atoms with Crippen LogP contribution in [0, 0.1) is 11.8 Å². The lowest BCUT2D eigenvalue weighted by Crippen LogP contribution is -2.29. The predicted octanol–water partition coefficient (Wildman–Crippen LogP) is 6.05. The van der Waals surface area contributed by atoms with E-state index in [0.717, 1.165) is 32.1 Å². The molecule has 0 aliphatic heterocycles. The van der Waals surface area contributed by atoms with Crippen LogP contribution in [0.15, 0.2) is 0 Å². The molecule has 4 nitrogen and oxygen atoms in total. The van der Waals surface area contributed by atoms with Crippen molar-refractivity contribution < 1.29 is 27.9 Å². The van der Waals surface area contributed by atoms with Gasteiger partial charge in [-0.2, -0.15) is 8.78 Å². The monoisotopic (exact) mass is 416 g/mol. The Hall–Kier alpha value is -1.33. The van der Waals surface area contributed by atoms with Gasteiger partial charge in [-0.1, -0.05) is 32.6 Å². The van der Waals surface area contributed by atoms with Crippen LogP contribution in [0.5, 0.6) is 0 Å². The van der Waals surface area contributed by atoms with Crippen molar-refractivity contribution in [2.45, 2.75) is 116 Å². The van der Waals surface area contributed by atoms with E-state index in [1.165, 1.54) is 0 Å². The van der Waals surface area contributed by atoms with Gasteiger partial charge in [0.2, 0.25) is 5.78 Å². The molecule has 0 bridgehead atoms. The van der Waals surface area contributed by atoms with E-state index < -0.39 is 11.7 Å². The Morgan fingerprint density at radius 2 is 1.76 bits per heavy atom. The van der Waals surface area contributed by atoms with Gasteiger partial charge in [-0.3, -0.25) is 14.4 Å². The number of alkyl halides is 2. The SMILES string of the molecule is CCCCC(F)(F)C(=O)CC[C@H]1CCC(=O)[C@@H]1CCCCCCC(=O)OC(C)C. The van der Waals surface area contributed by atoms with Crippen LogP contribution in [0.2, 0.25) is 0 Å². The molecule has 6 heteroatoms. The quantitative estimate of drug-likeness (QED) is 0.241. The Labute approximate surface area is 174 Å². The van der Waals surface area contributed by atoms with Gasteiger partial charge in [0.25, 0.3) is 0 Å². The van der Waals surface area contributed by atoms with Gasteiger partial charge in [-0.15, -0.1) is 0 Å². The number of ether oxygens (including phenoxy) is 1. The molecule has 29 heavy (non-hydrogen) atoms. The Kier molecular flexibility index (Phi) is 11.6. The number of carbonyl (C=O) groups is 3. The lowest BCUT2D eigenvalue weighted by atomic mass is 9.85. The first-order chi connectivity index (χ1) is 13.7. The third-order valence-corrected chi connectivity index (χ3v) is 5.75. The van der Waals surface area contributed by atoms with Gasteiger partial charge < -0.3 is 4.74 Å². The summed E-state index contributed by atoms with van der Waals surface area (Å²) in [5.74, 6) is -4.22. The standard InChI is InChI=1S/C23H38F2O4/c1-4-5-16-23(24,25)21(27)15-13-18-12-14-20(26)19(18)10-8-6-7-9-11-22(28)29-17(2)3/h17-19H,4-16H2,1-3H3/t18-,19-/m1/s1. The molecule has 1 saturated carbocycles. The van der Waals surface area contributed by atoms with Gasteiger partial charge in [0, 0.05) is 31.6 Å². The van der Waals surface area contributed by atoms with E-state index in [4.69, 9.17) is 4.74 Å². The zero-order chi connectivity index (χ0) is 21.9. The van der Waals surface area contributed by atoms with E-state index in [2.05, 4.69) is 0 Å². The zero-order valence-electron chi connectivity index (χ0n) is 18.3. The topological polar surface area (TPSA) is 60.4 Å². The maximum atomic E-state index is 13.9. The van der Waals surface area contributed by atoms with Crippen LogP contribution in [-0.4, -0.2) is 29.6 Å². The van der Waals surface area contributed by atoms with Crippen molar-refractivity contribution in [3.8, 4) is 0 Å². The number of hydrogen-bond acceptors (Lipinski definition) is 4. The van der Waals surface area contributed by atoms with Crippen molar-refractivity contribution in [1.82, 2.24) is 0 Å². The number of ketones is 2. The molecule has 0 aromatic heterocycles. The van der Waals surface area contributed by atoms with Crippen molar-refractivity contribution >= 4 is 17.5 Å². The summed E-state index contributed by atoms with van der Waals surface area (Å²) < 4.78 is 32.8. The molecule has 0 aromatic rings. The second-order valence-corrected chi connectivity index (χ2v) is 8.63. The lowest BCUT2D eigenvalue weighted by Gasteiger charge is -2.20. The molecule has 1 fully saturated rings. The Morgan fingerprint density at radius 1 is 1.07 bits per heavy atom. The summed E-state index contributed by atoms with van der Waals surface area (Å²) in [5, 5.41) is 0. The average molecular weight is 417 g/mol. The number of halogens is 2. The summed E-state index contributed by atoms with van der Waals surface area (Å²) in [4.78, 5) is 35.6. The largest absolute Gasteiger partial charge is 0.463 e. The van der Waals surface area contributed by atoms with Crippen LogP contribution in [0.4, 0.5) is 8.78 Å². The highest BCUT2D eigenvalue weighted by Gasteiger charge is 2.39. The highest BCUT2D eigenvalue weighted by Crippen LogP contribution is 2.37. The van der Waals surface area contributed by atoms with Crippen molar-refractivity contribution in [2.75, 3.05) is 0 Å². The molecule has 0 radical (unpaired) electrons. The number of rotatable bonds is 15. The molecule has 1 aliphatic carbocycles.